The van der Waals surface area contributed by atoms with Gasteiger partial charge < -0.3 is 10.1 Å². The lowest BCUT2D eigenvalue weighted by molar-refractivity contribution is -0.0522. The maximum absolute atomic E-state index is 8.83. The fourth-order valence-corrected chi connectivity index (χ4v) is 3.68. The molecule has 0 spiro atoms. The Morgan fingerprint density at radius 1 is 1.29 bits per heavy atom. The van der Waals surface area contributed by atoms with E-state index in [0.29, 0.717) is 30.4 Å². The van der Waals surface area contributed by atoms with Crippen molar-refractivity contribution in [3.05, 3.63) is 35.4 Å². The molecule has 0 aliphatic carbocycles. The Bertz CT molecular complexity index is 518. The topological polar surface area (TPSA) is 45.0 Å². The van der Waals surface area contributed by atoms with Crippen molar-refractivity contribution in [2.45, 2.75) is 65.0 Å². The van der Waals surface area contributed by atoms with Crippen LogP contribution in [0.1, 0.15) is 63.1 Å². The lowest BCUT2D eigenvalue weighted by atomic mass is 9.87. The predicted octanol–water partition coefficient (Wildman–Crippen LogP) is 4.77. The Balaban J connectivity index is 1.98. The first-order valence-electron chi connectivity index (χ1n) is 9.40. The summed E-state index contributed by atoms with van der Waals surface area (Å²) in [7, 11) is 0. The molecule has 132 valence electrons. The SMILES string of the molecule is Cc1ccc([C@H](CCCC#N)NC[C@H]2CCCO[C@H]2C(C)C)cc1. The van der Waals surface area contributed by atoms with Gasteiger partial charge in [-0.2, -0.15) is 5.26 Å². The normalized spacial score (nSPS) is 22.3. The molecule has 0 radical (unpaired) electrons. The zero-order valence-electron chi connectivity index (χ0n) is 15.4. The van der Waals surface area contributed by atoms with Crippen LogP contribution in [0.2, 0.25) is 0 Å². The molecule has 1 saturated heterocycles. The highest BCUT2D eigenvalue weighted by Gasteiger charge is 2.28. The monoisotopic (exact) mass is 328 g/mol. The van der Waals surface area contributed by atoms with E-state index in [1.165, 1.54) is 24.0 Å². The van der Waals surface area contributed by atoms with Crippen LogP contribution in [-0.2, 0) is 4.74 Å². The second kappa shape index (κ2) is 9.81. The number of unbranched alkanes of at least 4 members (excludes halogenated alkanes) is 1. The third-order valence-corrected chi connectivity index (χ3v) is 5.04. The molecule has 0 bridgehead atoms. The third-order valence-electron chi connectivity index (χ3n) is 5.04. The zero-order valence-corrected chi connectivity index (χ0v) is 15.4. The van der Waals surface area contributed by atoms with E-state index in [0.717, 1.165) is 26.0 Å². The Kier molecular flexibility index (Phi) is 7.75. The summed E-state index contributed by atoms with van der Waals surface area (Å²) in [5.74, 6) is 1.15. The summed E-state index contributed by atoms with van der Waals surface area (Å²) in [6, 6.07) is 11.4. The number of aryl methyl sites for hydroxylation is 1. The van der Waals surface area contributed by atoms with Crippen molar-refractivity contribution in [1.29, 1.82) is 5.26 Å². The number of ether oxygens (including phenoxy) is 1. The molecular weight excluding hydrogens is 296 g/mol. The van der Waals surface area contributed by atoms with E-state index in [-0.39, 0.29) is 0 Å². The summed E-state index contributed by atoms with van der Waals surface area (Å²) in [5, 5.41) is 12.6. The largest absolute Gasteiger partial charge is 0.378 e. The van der Waals surface area contributed by atoms with Crippen molar-refractivity contribution in [2.75, 3.05) is 13.2 Å². The van der Waals surface area contributed by atoms with E-state index in [9.17, 15) is 0 Å². The molecule has 0 saturated carbocycles. The molecular formula is C21H32N2O. The molecule has 0 unspecified atom stereocenters. The summed E-state index contributed by atoms with van der Waals surface area (Å²) >= 11 is 0. The summed E-state index contributed by atoms with van der Waals surface area (Å²) < 4.78 is 6.02. The van der Waals surface area contributed by atoms with Gasteiger partial charge >= 0.3 is 0 Å². The molecule has 24 heavy (non-hydrogen) atoms. The van der Waals surface area contributed by atoms with Gasteiger partial charge in [0.15, 0.2) is 0 Å². The Hall–Kier alpha value is -1.37. The number of hydrogen-bond donors (Lipinski definition) is 1. The maximum Gasteiger partial charge on any atom is 0.0638 e. The number of nitrogens with zero attached hydrogens (tertiary/aromatic N) is 1. The van der Waals surface area contributed by atoms with E-state index in [1.807, 2.05) is 0 Å². The van der Waals surface area contributed by atoms with Gasteiger partial charge in [0.2, 0.25) is 0 Å². The molecule has 2 rings (SSSR count). The van der Waals surface area contributed by atoms with Crippen molar-refractivity contribution in [1.82, 2.24) is 5.32 Å². The van der Waals surface area contributed by atoms with E-state index in [4.69, 9.17) is 10.00 Å². The fourth-order valence-electron chi connectivity index (χ4n) is 3.68. The first kappa shape index (κ1) is 19.0. The van der Waals surface area contributed by atoms with Crippen LogP contribution in [0.4, 0.5) is 0 Å². The van der Waals surface area contributed by atoms with Crippen molar-refractivity contribution < 1.29 is 4.74 Å². The highest BCUT2D eigenvalue weighted by atomic mass is 16.5. The van der Waals surface area contributed by atoms with Gasteiger partial charge in [-0.25, -0.2) is 0 Å². The lowest BCUT2D eigenvalue weighted by Crippen LogP contribution is -2.40. The molecule has 3 atom stereocenters. The van der Waals surface area contributed by atoms with Gasteiger partial charge in [0.05, 0.1) is 12.2 Å². The fraction of sp³-hybridized carbons (Fsp3) is 0.667. The van der Waals surface area contributed by atoms with Gasteiger partial charge in [0.1, 0.15) is 0 Å². The minimum absolute atomic E-state index is 0.327. The maximum atomic E-state index is 8.83. The van der Waals surface area contributed by atoms with Crippen LogP contribution >= 0.6 is 0 Å². The van der Waals surface area contributed by atoms with E-state index in [1.54, 1.807) is 0 Å². The summed E-state index contributed by atoms with van der Waals surface area (Å²) in [6.45, 7) is 8.53. The number of rotatable bonds is 8. The van der Waals surface area contributed by atoms with Crippen molar-refractivity contribution >= 4 is 0 Å². The zero-order chi connectivity index (χ0) is 17.4. The van der Waals surface area contributed by atoms with Gasteiger partial charge in [-0.1, -0.05) is 43.7 Å². The molecule has 3 heteroatoms. The summed E-state index contributed by atoms with van der Waals surface area (Å²) in [6.07, 6.45) is 5.36. The molecule has 1 N–H and O–H groups in total. The second-order valence-corrected chi connectivity index (χ2v) is 7.40. The Morgan fingerprint density at radius 3 is 2.71 bits per heavy atom. The molecule has 1 fully saturated rings. The van der Waals surface area contributed by atoms with Gasteiger partial charge in [-0.05, 0) is 50.0 Å². The quantitative estimate of drug-likeness (QED) is 0.699. The molecule has 0 amide bonds. The van der Waals surface area contributed by atoms with Crippen LogP contribution in [0.5, 0.6) is 0 Å². The van der Waals surface area contributed by atoms with Gasteiger partial charge in [-0.15, -0.1) is 0 Å². The first-order chi connectivity index (χ1) is 11.6. The summed E-state index contributed by atoms with van der Waals surface area (Å²) in [4.78, 5) is 0. The minimum Gasteiger partial charge on any atom is -0.378 e. The molecule has 1 heterocycles. The van der Waals surface area contributed by atoms with E-state index >= 15 is 0 Å². The smallest absolute Gasteiger partial charge is 0.0638 e. The molecule has 1 aliphatic heterocycles. The first-order valence-corrected chi connectivity index (χ1v) is 9.40. The Labute approximate surface area is 147 Å². The molecule has 0 aromatic heterocycles. The number of nitrogens with one attached hydrogen (secondary N) is 1. The Morgan fingerprint density at radius 2 is 2.04 bits per heavy atom. The summed E-state index contributed by atoms with van der Waals surface area (Å²) in [5.41, 5.74) is 2.62. The van der Waals surface area contributed by atoms with Crippen LogP contribution < -0.4 is 5.32 Å². The molecule has 1 aromatic rings. The van der Waals surface area contributed by atoms with Gasteiger partial charge in [0.25, 0.3) is 0 Å². The number of nitriles is 1. The van der Waals surface area contributed by atoms with Crippen LogP contribution in [0.15, 0.2) is 24.3 Å². The van der Waals surface area contributed by atoms with Crippen LogP contribution in [0.3, 0.4) is 0 Å². The highest BCUT2D eigenvalue weighted by molar-refractivity contribution is 5.24. The van der Waals surface area contributed by atoms with Crippen molar-refractivity contribution in [3.63, 3.8) is 0 Å². The van der Waals surface area contributed by atoms with Crippen molar-refractivity contribution in [2.24, 2.45) is 11.8 Å². The van der Waals surface area contributed by atoms with Crippen LogP contribution in [-0.4, -0.2) is 19.3 Å². The standard InChI is InChI=1S/C21H32N2O/c1-16(2)21-19(7-6-14-24-21)15-23-20(8-4-5-13-22)18-11-9-17(3)10-12-18/h9-12,16,19-21,23H,4-8,14-15H2,1-3H3/t19-,20+,21+/m1/s1. The van der Waals surface area contributed by atoms with Crippen LogP contribution in [0, 0.1) is 30.1 Å². The minimum atomic E-state index is 0.327. The number of benzene rings is 1. The van der Waals surface area contributed by atoms with E-state index < -0.39 is 0 Å². The lowest BCUT2D eigenvalue weighted by Gasteiger charge is -2.35. The molecule has 3 nitrogen and oxygen atoms in total. The average Bonchev–Trinajstić information content (AvgIpc) is 2.59. The van der Waals surface area contributed by atoms with E-state index in [2.05, 4.69) is 56.4 Å². The van der Waals surface area contributed by atoms with Gasteiger partial charge in [-0.3, -0.25) is 0 Å². The average molecular weight is 329 g/mol. The third kappa shape index (κ3) is 5.61. The second-order valence-electron chi connectivity index (χ2n) is 7.40. The predicted molar refractivity (Wildman–Crippen MR) is 98.7 cm³/mol. The molecule has 1 aliphatic rings. The van der Waals surface area contributed by atoms with Crippen LogP contribution in [0.25, 0.3) is 0 Å². The van der Waals surface area contributed by atoms with Gasteiger partial charge in [0, 0.05) is 25.6 Å². The van der Waals surface area contributed by atoms with Crippen molar-refractivity contribution in [3.8, 4) is 6.07 Å². The molecule has 1 aromatic carbocycles. The number of hydrogen-bond acceptors (Lipinski definition) is 3. The highest BCUT2D eigenvalue weighted by Crippen LogP contribution is 2.27.